The zero-order valence-electron chi connectivity index (χ0n) is 26.9. The SMILES string of the molecule is C1=CCC(c2ccc(-c3nc(-c4ccccc4)nc(-c4ccc5c(c4)C(c4ccccc4)(c4ccccc4)c4ccccc4-5)n3)cc2)C=C1. The van der Waals surface area contributed by atoms with Gasteiger partial charge in [0.2, 0.25) is 0 Å². The monoisotopic (exact) mass is 627 g/mol. The molecule has 1 aromatic heterocycles. The van der Waals surface area contributed by atoms with Gasteiger partial charge in [0.05, 0.1) is 5.41 Å². The lowest BCUT2D eigenvalue weighted by molar-refractivity contribution is 0.768. The first-order chi connectivity index (χ1) is 24.3. The number of aromatic nitrogens is 3. The zero-order chi connectivity index (χ0) is 32.6. The van der Waals surface area contributed by atoms with Crippen LogP contribution in [0.1, 0.15) is 40.2 Å². The Balaban J connectivity index is 1.24. The predicted molar refractivity (Wildman–Crippen MR) is 199 cm³/mol. The Morgan fingerprint density at radius 1 is 0.449 bits per heavy atom. The molecule has 232 valence electrons. The molecule has 1 atom stereocenters. The molecule has 2 aliphatic rings. The van der Waals surface area contributed by atoms with E-state index in [9.17, 15) is 0 Å². The second-order valence-electron chi connectivity index (χ2n) is 12.7. The third-order valence-corrected chi connectivity index (χ3v) is 9.96. The molecule has 2 aliphatic carbocycles. The van der Waals surface area contributed by atoms with Crippen molar-refractivity contribution in [3.05, 3.63) is 210 Å². The number of rotatable bonds is 6. The first kappa shape index (κ1) is 29.0. The zero-order valence-corrected chi connectivity index (χ0v) is 26.9. The summed E-state index contributed by atoms with van der Waals surface area (Å²) in [6.07, 6.45) is 9.75. The van der Waals surface area contributed by atoms with Crippen LogP contribution in [0.25, 0.3) is 45.3 Å². The highest BCUT2D eigenvalue weighted by Gasteiger charge is 2.46. The fourth-order valence-corrected chi connectivity index (χ4v) is 7.64. The molecule has 0 spiro atoms. The minimum atomic E-state index is -0.499. The van der Waals surface area contributed by atoms with Crippen molar-refractivity contribution >= 4 is 0 Å². The van der Waals surface area contributed by atoms with Gasteiger partial charge in [0.25, 0.3) is 0 Å². The van der Waals surface area contributed by atoms with Crippen LogP contribution in [-0.2, 0) is 5.41 Å². The lowest BCUT2D eigenvalue weighted by Crippen LogP contribution is -2.28. The van der Waals surface area contributed by atoms with Crippen LogP contribution in [0.3, 0.4) is 0 Å². The van der Waals surface area contributed by atoms with Crippen LogP contribution in [0.4, 0.5) is 0 Å². The minimum absolute atomic E-state index is 0.387. The van der Waals surface area contributed by atoms with Gasteiger partial charge < -0.3 is 0 Å². The average Bonchev–Trinajstić information content (AvgIpc) is 3.49. The Hall–Kier alpha value is -6.19. The molecule has 0 aliphatic heterocycles. The van der Waals surface area contributed by atoms with Gasteiger partial charge in [-0.3, -0.25) is 0 Å². The number of fused-ring (bicyclic) bond motifs is 3. The van der Waals surface area contributed by atoms with Crippen LogP contribution in [0.15, 0.2) is 182 Å². The Labute approximate surface area is 287 Å². The summed E-state index contributed by atoms with van der Waals surface area (Å²) < 4.78 is 0. The molecule has 0 saturated carbocycles. The fourth-order valence-electron chi connectivity index (χ4n) is 7.64. The highest BCUT2D eigenvalue weighted by molar-refractivity contribution is 5.88. The highest BCUT2D eigenvalue weighted by atomic mass is 15.0. The van der Waals surface area contributed by atoms with Crippen LogP contribution in [0, 0.1) is 0 Å². The number of allylic oxidation sites excluding steroid dienone is 4. The van der Waals surface area contributed by atoms with Crippen LogP contribution >= 0.6 is 0 Å². The van der Waals surface area contributed by atoms with Gasteiger partial charge in [0.15, 0.2) is 17.5 Å². The van der Waals surface area contributed by atoms with E-state index in [2.05, 4.69) is 164 Å². The number of hydrogen-bond donors (Lipinski definition) is 0. The smallest absolute Gasteiger partial charge is 0.164 e. The van der Waals surface area contributed by atoms with Gasteiger partial charge in [0, 0.05) is 22.6 Å². The van der Waals surface area contributed by atoms with Gasteiger partial charge in [0.1, 0.15) is 0 Å². The largest absolute Gasteiger partial charge is 0.208 e. The van der Waals surface area contributed by atoms with E-state index in [0.29, 0.717) is 23.4 Å². The Morgan fingerprint density at radius 3 is 1.61 bits per heavy atom. The summed E-state index contributed by atoms with van der Waals surface area (Å²) in [6, 6.07) is 56.2. The Morgan fingerprint density at radius 2 is 0.980 bits per heavy atom. The van der Waals surface area contributed by atoms with Crippen molar-refractivity contribution in [1.82, 2.24) is 15.0 Å². The van der Waals surface area contributed by atoms with E-state index in [1.165, 1.54) is 38.9 Å². The molecule has 7 aromatic rings. The second-order valence-corrected chi connectivity index (χ2v) is 12.7. The van der Waals surface area contributed by atoms with E-state index in [0.717, 1.165) is 23.1 Å². The molecule has 1 unspecified atom stereocenters. The predicted octanol–water partition coefficient (Wildman–Crippen LogP) is 10.8. The van der Waals surface area contributed by atoms with Gasteiger partial charge in [-0.25, -0.2) is 15.0 Å². The van der Waals surface area contributed by atoms with Gasteiger partial charge in [-0.2, -0.15) is 0 Å². The molecule has 3 nitrogen and oxygen atoms in total. The van der Waals surface area contributed by atoms with Crippen molar-refractivity contribution in [3.8, 4) is 45.3 Å². The maximum Gasteiger partial charge on any atom is 0.164 e. The maximum atomic E-state index is 5.16. The highest BCUT2D eigenvalue weighted by Crippen LogP contribution is 2.56. The number of hydrogen-bond acceptors (Lipinski definition) is 3. The van der Waals surface area contributed by atoms with E-state index >= 15 is 0 Å². The summed E-state index contributed by atoms with van der Waals surface area (Å²) in [6.45, 7) is 0. The molecule has 0 saturated heterocycles. The van der Waals surface area contributed by atoms with Crippen molar-refractivity contribution in [3.63, 3.8) is 0 Å². The summed E-state index contributed by atoms with van der Waals surface area (Å²) in [7, 11) is 0. The third kappa shape index (κ3) is 4.94. The normalized spacial score (nSPS) is 15.5. The van der Waals surface area contributed by atoms with Crippen molar-refractivity contribution < 1.29 is 0 Å². The first-order valence-corrected chi connectivity index (χ1v) is 16.9. The van der Waals surface area contributed by atoms with E-state index in [-0.39, 0.29) is 0 Å². The van der Waals surface area contributed by atoms with Crippen molar-refractivity contribution in [2.24, 2.45) is 0 Å². The topological polar surface area (TPSA) is 38.7 Å². The van der Waals surface area contributed by atoms with E-state index < -0.39 is 5.41 Å². The number of nitrogens with zero attached hydrogens (tertiary/aromatic N) is 3. The van der Waals surface area contributed by atoms with Crippen LogP contribution in [-0.4, -0.2) is 15.0 Å². The Bertz CT molecular complexity index is 2300. The summed E-state index contributed by atoms with van der Waals surface area (Å²) in [4.78, 5) is 15.3. The van der Waals surface area contributed by atoms with Crippen LogP contribution in [0.2, 0.25) is 0 Å². The summed E-state index contributed by atoms with van der Waals surface area (Å²) in [5.74, 6) is 2.36. The quantitative estimate of drug-likeness (QED) is 0.184. The van der Waals surface area contributed by atoms with Crippen molar-refractivity contribution in [2.45, 2.75) is 17.8 Å². The molecule has 6 aromatic carbocycles. The molecule has 0 amide bonds. The maximum absolute atomic E-state index is 5.16. The van der Waals surface area contributed by atoms with Gasteiger partial charge in [-0.05, 0) is 51.4 Å². The standard InChI is InChI=1S/C46H33N3/c1-5-15-32(16-6-1)33-25-27-35(28-26-33)44-47-43(34-17-7-2-8-18-34)48-45(49-44)36-29-30-40-39-23-13-14-24-41(39)46(42(40)31-36,37-19-9-3-10-20-37)38-21-11-4-12-22-38/h1-15,17-32H,16H2. The van der Waals surface area contributed by atoms with Gasteiger partial charge >= 0.3 is 0 Å². The molecular formula is C46H33N3. The van der Waals surface area contributed by atoms with E-state index in [4.69, 9.17) is 15.0 Å². The molecule has 9 rings (SSSR count). The van der Waals surface area contributed by atoms with Crippen LogP contribution in [0.5, 0.6) is 0 Å². The summed E-state index contributed by atoms with van der Waals surface area (Å²) in [5, 5.41) is 0. The molecule has 0 N–H and O–H groups in total. The molecule has 49 heavy (non-hydrogen) atoms. The summed E-state index contributed by atoms with van der Waals surface area (Å²) >= 11 is 0. The first-order valence-electron chi connectivity index (χ1n) is 16.9. The van der Waals surface area contributed by atoms with E-state index in [1.54, 1.807) is 0 Å². The fraction of sp³-hybridized carbons (Fsp3) is 0.0652. The lowest BCUT2D eigenvalue weighted by atomic mass is 9.67. The van der Waals surface area contributed by atoms with E-state index in [1.807, 2.05) is 18.2 Å². The van der Waals surface area contributed by atoms with Crippen molar-refractivity contribution in [2.75, 3.05) is 0 Å². The van der Waals surface area contributed by atoms with Crippen molar-refractivity contribution in [1.29, 1.82) is 0 Å². The molecule has 3 heteroatoms. The lowest BCUT2D eigenvalue weighted by Gasteiger charge is -2.34. The van der Waals surface area contributed by atoms with Crippen LogP contribution < -0.4 is 0 Å². The Kier molecular flexibility index (Phi) is 7.17. The average molecular weight is 628 g/mol. The molecular weight excluding hydrogens is 595 g/mol. The minimum Gasteiger partial charge on any atom is -0.208 e. The number of benzene rings is 6. The molecule has 0 fully saturated rings. The summed E-state index contributed by atoms with van der Waals surface area (Å²) in [5.41, 5.74) is 11.1. The van der Waals surface area contributed by atoms with Gasteiger partial charge in [-0.15, -0.1) is 0 Å². The van der Waals surface area contributed by atoms with Gasteiger partial charge in [-0.1, -0.05) is 176 Å². The molecule has 0 bridgehead atoms. The second kappa shape index (κ2) is 12.1. The molecule has 0 radical (unpaired) electrons. The third-order valence-electron chi connectivity index (χ3n) is 9.96. The molecule has 1 heterocycles.